The van der Waals surface area contributed by atoms with E-state index in [1.165, 1.54) is 212 Å². The molecule has 4 nitrogen and oxygen atoms in total. The first-order chi connectivity index (χ1) is 26.2. The Morgan fingerprint density at radius 2 is 0.717 bits per heavy atom. The lowest BCUT2D eigenvalue weighted by atomic mass is 10.0. The molecule has 0 heterocycles. The fourth-order valence-electron chi connectivity index (χ4n) is 7.47. The van der Waals surface area contributed by atoms with Crippen LogP contribution in [0.4, 0.5) is 0 Å². The van der Waals surface area contributed by atoms with Crippen molar-refractivity contribution in [2.45, 2.75) is 276 Å². The molecule has 0 radical (unpaired) electrons. The molecule has 0 aliphatic rings. The Morgan fingerprint density at radius 1 is 0.434 bits per heavy atom. The monoisotopic (exact) mass is 746 g/mol. The standard InChI is InChI=1S/C49H95NO3/c1-3-5-7-9-11-13-15-17-19-21-23-24-25-26-27-28-30-32-34-36-38-40-42-44-48(52)47(46-51)50-49(53)45-43-41-39-37-35-33-31-29-22-20-18-16-14-12-10-8-6-4-2/h29,31,42,44,47-48,51-52H,3-28,30,32-41,43,45-46H2,1-2H3,(H,50,53)/b31-29-,44-42+. The van der Waals surface area contributed by atoms with E-state index in [2.05, 4.69) is 31.3 Å². The molecule has 0 bridgehead atoms. The van der Waals surface area contributed by atoms with Crippen molar-refractivity contribution in [3.63, 3.8) is 0 Å². The quantitative estimate of drug-likeness (QED) is 0.0430. The van der Waals surface area contributed by atoms with E-state index in [0.29, 0.717) is 6.42 Å². The molecule has 0 spiro atoms. The average Bonchev–Trinajstić information content (AvgIpc) is 3.16. The van der Waals surface area contributed by atoms with Crippen LogP contribution in [0, 0.1) is 0 Å². The number of hydrogen-bond acceptors (Lipinski definition) is 3. The molecule has 0 rings (SSSR count). The van der Waals surface area contributed by atoms with Crippen LogP contribution in [-0.4, -0.2) is 34.9 Å². The Bertz CT molecular complexity index is 765. The highest BCUT2D eigenvalue weighted by atomic mass is 16.3. The van der Waals surface area contributed by atoms with Gasteiger partial charge in [0, 0.05) is 6.42 Å². The molecule has 314 valence electrons. The third-order valence-electron chi connectivity index (χ3n) is 11.2. The summed E-state index contributed by atoms with van der Waals surface area (Å²) in [4.78, 5) is 12.4. The predicted molar refractivity (Wildman–Crippen MR) is 235 cm³/mol. The SMILES string of the molecule is CCCCCCCCCCC/C=C\CCCCCCCC(=O)NC(CO)C(O)/C=C/CCCCCCCCCCCCCCCCCCCCCCC. The average molecular weight is 746 g/mol. The summed E-state index contributed by atoms with van der Waals surface area (Å²) in [6, 6.07) is -0.624. The molecule has 0 aliphatic heterocycles. The summed E-state index contributed by atoms with van der Waals surface area (Å²) in [7, 11) is 0. The number of unbranched alkanes of at least 4 members (excludes halogenated alkanes) is 35. The minimum absolute atomic E-state index is 0.0692. The van der Waals surface area contributed by atoms with Gasteiger partial charge < -0.3 is 15.5 Å². The first kappa shape index (κ1) is 51.9. The van der Waals surface area contributed by atoms with E-state index in [-0.39, 0.29) is 12.5 Å². The van der Waals surface area contributed by atoms with Crippen molar-refractivity contribution in [3.05, 3.63) is 24.3 Å². The normalized spacial score (nSPS) is 13.1. The zero-order valence-electron chi connectivity index (χ0n) is 36.1. The summed E-state index contributed by atoms with van der Waals surface area (Å²) in [5, 5.41) is 23.1. The fraction of sp³-hybridized carbons (Fsp3) is 0.898. The van der Waals surface area contributed by atoms with Crippen molar-refractivity contribution in [2.75, 3.05) is 6.61 Å². The highest BCUT2D eigenvalue weighted by Gasteiger charge is 2.17. The Kier molecular flexibility index (Phi) is 44.3. The van der Waals surface area contributed by atoms with Gasteiger partial charge in [-0.1, -0.05) is 237 Å². The minimum atomic E-state index is -0.841. The van der Waals surface area contributed by atoms with Crippen LogP contribution in [-0.2, 0) is 4.79 Å². The van der Waals surface area contributed by atoms with Crippen LogP contribution in [0.5, 0.6) is 0 Å². The van der Waals surface area contributed by atoms with Crippen LogP contribution < -0.4 is 5.32 Å². The van der Waals surface area contributed by atoms with E-state index in [9.17, 15) is 15.0 Å². The van der Waals surface area contributed by atoms with Gasteiger partial charge in [0.15, 0.2) is 0 Å². The smallest absolute Gasteiger partial charge is 0.220 e. The Labute approximate surface area is 332 Å². The van der Waals surface area contributed by atoms with E-state index < -0.39 is 12.1 Å². The first-order valence-corrected chi connectivity index (χ1v) is 24.1. The van der Waals surface area contributed by atoms with Gasteiger partial charge in [-0.05, 0) is 44.9 Å². The largest absolute Gasteiger partial charge is 0.394 e. The zero-order chi connectivity index (χ0) is 38.6. The topological polar surface area (TPSA) is 69.6 Å². The second-order valence-electron chi connectivity index (χ2n) is 16.5. The Morgan fingerprint density at radius 3 is 1.04 bits per heavy atom. The summed E-state index contributed by atoms with van der Waals surface area (Å²) in [6.07, 6.45) is 58.7. The van der Waals surface area contributed by atoms with Crippen molar-refractivity contribution in [3.8, 4) is 0 Å². The van der Waals surface area contributed by atoms with E-state index in [1.807, 2.05) is 6.08 Å². The number of aliphatic hydroxyl groups excluding tert-OH is 2. The van der Waals surface area contributed by atoms with Gasteiger partial charge in [-0.3, -0.25) is 4.79 Å². The summed E-state index contributed by atoms with van der Waals surface area (Å²) >= 11 is 0. The van der Waals surface area contributed by atoms with Crippen molar-refractivity contribution in [1.82, 2.24) is 5.32 Å². The van der Waals surface area contributed by atoms with E-state index in [1.54, 1.807) is 6.08 Å². The molecule has 1 amide bonds. The predicted octanol–water partition coefficient (Wildman–Crippen LogP) is 15.2. The number of amides is 1. The number of carbonyl (C=O) groups is 1. The highest BCUT2D eigenvalue weighted by Crippen LogP contribution is 2.16. The molecule has 0 fully saturated rings. The zero-order valence-corrected chi connectivity index (χ0v) is 36.1. The number of carbonyl (C=O) groups excluding carboxylic acids is 1. The maximum Gasteiger partial charge on any atom is 0.220 e. The van der Waals surface area contributed by atoms with Gasteiger partial charge in [0.2, 0.25) is 5.91 Å². The van der Waals surface area contributed by atoms with Crippen LogP contribution in [0.25, 0.3) is 0 Å². The molecule has 0 aliphatic carbocycles. The molecule has 0 aromatic heterocycles. The summed E-state index contributed by atoms with van der Waals surface area (Å²) in [6.45, 7) is 4.33. The molecule has 4 heteroatoms. The summed E-state index contributed by atoms with van der Waals surface area (Å²) in [5.41, 5.74) is 0. The van der Waals surface area contributed by atoms with Crippen LogP contribution in [0.2, 0.25) is 0 Å². The van der Waals surface area contributed by atoms with Crippen LogP contribution in [0.3, 0.4) is 0 Å². The third kappa shape index (κ3) is 41.9. The maximum absolute atomic E-state index is 12.4. The second kappa shape index (κ2) is 45.3. The molecule has 2 atom stereocenters. The number of hydrogen-bond donors (Lipinski definition) is 3. The molecule has 53 heavy (non-hydrogen) atoms. The van der Waals surface area contributed by atoms with E-state index >= 15 is 0 Å². The van der Waals surface area contributed by atoms with Gasteiger partial charge in [0.25, 0.3) is 0 Å². The van der Waals surface area contributed by atoms with Gasteiger partial charge in [0.1, 0.15) is 0 Å². The molecular formula is C49H95NO3. The van der Waals surface area contributed by atoms with E-state index in [4.69, 9.17) is 0 Å². The minimum Gasteiger partial charge on any atom is -0.394 e. The van der Waals surface area contributed by atoms with Crippen LogP contribution >= 0.6 is 0 Å². The number of allylic oxidation sites excluding steroid dienone is 3. The Hall–Kier alpha value is -1.13. The molecule has 0 saturated heterocycles. The van der Waals surface area contributed by atoms with Gasteiger partial charge in [-0.15, -0.1) is 0 Å². The molecule has 0 aromatic carbocycles. The molecular weight excluding hydrogens is 651 g/mol. The Balaban J connectivity index is 3.53. The number of rotatable bonds is 44. The summed E-state index contributed by atoms with van der Waals surface area (Å²) in [5.74, 6) is -0.0692. The van der Waals surface area contributed by atoms with Crippen molar-refractivity contribution >= 4 is 5.91 Å². The number of nitrogens with one attached hydrogen (secondary N) is 1. The summed E-state index contributed by atoms with van der Waals surface area (Å²) < 4.78 is 0. The molecule has 2 unspecified atom stereocenters. The van der Waals surface area contributed by atoms with Gasteiger partial charge >= 0.3 is 0 Å². The van der Waals surface area contributed by atoms with Gasteiger partial charge in [0.05, 0.1) is 18.8 Å². The maximum atomic E-state index is 12.4. The molecule has 3 N–H and O–H groups in total. The lowest BCUT2D eigenvalue weighted by molar-refractivity contribution is -0.123. The first-order valence-electron chi connectivity index (χ1n) is 24.1. The second-order valence-corrected chi connectivity index (χ2v) is 16.5. The van der Waals surface area contributed by atoms with Crippen molar-refractivity contribution in [2.24, 2.45) is 0 Å². The lowest BCUT2D eigenvalue weighted by Crippen LogP contribution is -2.45. The van der Waals surface area contributed by atoms with Crippen LogP contribution in [0.15, 0.2) is 24.3 Å². The molecule has 0 aromatic rings. The van der Waals surface area contributed by atoms with Crippen molar-refractivity contribution in [1.29, 1.82) is 0 Å². The lowest BCUT2D eigenvalue weighted by Gasteiger charge is -2.20. The van der Waals surface area contributed by atoms with E-state index in [0.717, 1.165) is 32.1 Å². The van der Waals surface area contributed by atoms with Gasteiger partial charge in [-0.25, -0.2) is 0 Å². The third-order valence-corrected chi connectivity index (χ3v) is 11.2. The highest BCUT2D eigenvalue weighted by molar-refractivity contribution is 5.76. The molecule has 0 saturated carbocycles. The van der Waals surface area contributed by atoms with Crippen molar-refractivity contribution < 1.29 is 15.0 Å². The van der Waals surface area contributed by atoms with Crippen LogP contribution in [0.1, 0.15) is 264 Å². The number of aliphatic hydroxyl groups is 2. The fourth-order valence-corrected chi connectivity index (χ4v) is 7.47. The van der Waals surface area contributed by atoms with Gasteiger partial charge in [-0.2, -0.15) is 0 Å².